The summed E-state index contributed by atoms with van der Waals surface area (Å²) in [6, 6.07) is 10.2. The molecule has 0 heterocycles. The number of alkyl halides is 3. The van der Waals surface area contributed by atoms with Crippen molar-refractivity contribution in [3.05, 3.63) is 65.2 Å². The van der Waals surface area contributed by atoms with Crippen LogP contribution < -0.4 is 9.62 Å². The van der Waals surface area contributed by atoms with Crippen LogP contribution >= 0.6 is 0 Å². The summed E-state index contributed by atoms with van der Waals surface area (Å²) in [6.45, 7) is 5.27. The SMILES string of the molecule is CCCCNC(=O)[C@@H](CC)N(Cc1ccccc1C)C(=O)CN(c1cccc(C(F)(F)F)c1)S(C)(=O)=O. The van der Waals surface area contributed by atoms with Gasteiger partial charge in [0.1, 0.15) is 12.6 Å². The quantitative estimate of drug-likeness (QED) is 0.401. The monoisotopic (exact) mass is 541 g/mol. The van der Waals surface area contributed by atoms with Gasteiger partial charge in [-0.15, -0.1) is 0 Å². The van der Waals surface area contributed by atoms with Crippen LogP contribution in [0.15, 0.2) is 48.5 Å². The molecule has 7 nitrogen and oxygen atoms in total. The van der Waals surface area contributed by atoms with Crippen LogP contribution in [-0.2, 0) is 32.3 Å². The van der Waals surface area contributed by atoms with Gasteiger partial charge >= 0.3 is 6.18 Å². The van der Waals surface area contributed by atoms with Gasteiger partial charge in [-0.1, -0.05) is 50.6 Å². The summed E-state index contributed by atoms with van der Waals surface area (Å²) >= 11 is 0. The zero-order chi connectivity index (χ0) is 27.8. The third-order valence-electron chi connectivity index (χ3n) is 5.96. The summed E-state index contributed by atoms with van der Waals surface area (Å²) in [5.41, 5.74) is 0.312. The van der Waals surface area contributed by atoms with Gasteiger partial charge in [0.25, 0.3) is 0 Å². The predicted molar refractivity (Wildman–Crippen MR) is 137 cm³/mol. The van der Waals surface area contributed by atoms with Gasteiger partial charge in [-0.25, -0.2) is 8.42 Å². The number of nitrogens with zero attached hydrogens (tertiary/aromatic N) is 2. The first-order valence-electron chi connectivity index (χ1n) is 12.1. The highest BCUT2D eigenvalue weighted by Gasteiger charge is 2.34. The van der Waals surface area contributed by atoms with E-state index in [1.54, 1.807) is 19.1 Å². The molecule has 2 rings (SSSR count). The number of benzene rings is 2. The van der Waals surface area contributed by atoms with E-state index in [1.807, 2.05) is 26.0 Å². The molecule has 1 N–H and O–H groups in total. The van der Waals surface area contributed by atoms with Crippen LogP contribution in [0.2, 0.25) is 0 Å². The van der Waals surface area contributed by atoms with Gasteiger partial charge in [0.05, 0.1) is 17.5 Å². The topological polar surface area (TPSA) is 86.8 Å². The standard InChI is InChI=1S/C26H34F3N3O4S/c1-5-7-15-30-25(34)23(6-2)31(17-20-12-9-8-11-19(20)3)24(33)18-32(37(4,35)36)22-14-10-13-21(16-22)26(27,28)29/h8-14,16,23H,5-7,15,17-18H2,1-4H3,(H,30,34)/t23-/m1/s1. The van der Waals surface area contributed by atoms with Gasteiger partial charge in [0.2, 0.25) is 21.8 Å². The number of carbonyl (C=O) groups excluding carboxylic acids is 2. The molecule has 0 aliphatic carbocycles. The average Bonchev–Trinajstić information content (AvgIpc) is 2.82. The number of carbonyl (C=O) groups is 2. The molecule has 0 radical (unpaired) electrons. The number of hydrogen-bond acceptors (Lipinski definition) is 4. The third kappa shape index (κ3) is 8.48. The molecule has 1 atom stereocenters. The van der Waals surface area contributed by atoms with Gasteiger partial charge in [0.15, 0.2) is 0 Å². The van der Waals surface area contributed by atoms with E-state index in [2.05, 4.69) is 5.32 Å². The van der Waals surface area contributed by atoms with Gasteiger partial charge in [-0.2, -0.15) is 13.2 Å². The molecule has 0 aromatic heterocycles. The Kier molecular flexibility index (Phi) is 10.5. The van der Waals surface area contributed by atoms with Crippen molar-refractivity contribution < 1.29 is 31.2 Å². The molecule has 37 heavy (non-hydrogen) atoms. The lowest BCUT2D eigenvalue weighted by atomic mass is 10.1. The van der Waals surface area contributed by atoms with Crippen LogP contribution in [-0.4, -0.2) is 50.5 Å². The molecule has 2 aromatic carbocycles. The van der Waals surface area contributed by atoms with E-state index in [1.165, 1.54) is 11.0 Å². The van der Waals surface area contributed by atoms with Crippen LogP contribution in [0.1, 0.15) is 49.8 Å². The number of hydrogen-bond donors (Lipinski definition) is 1. The van der Waals surface area contributed by atoms with Crippen LogP contribution in [0.3, 0.4) is 0 Å². The number of halogens is 3. The second kappa shape index (κ2) is 12.9. The molecule has 0 saturated heterocycles. The molecule has 204 valence electrons. The number of rotatable bonds is 12. The molecular weight excluding hydrogens is 507 g/mol. The maximum atomic E-state index is 13.6. The van der Waals surface area contributed by atoms with Crippen molar-refractivity contribution in [2.24, 2.45) is 0 Å². The maximum absolute atomic E-state index is 13.6. The van der Waals surface area contributed by atoms with Crippen molar-refractivity contribution in [2.45, 2.75) is 58.8 Å². The zero-order valence-electron chi connectivity index (χ0n) is 21.5. The highest BCUT2D eigenvalue weighted by atomic mass is 32.2. The van der Waals surface area contributed by atoms with Crippen molar-refractivity contribution in [3.8, 4) is 0 Å². The van der Waals surface area contributed by atoms with E-state index < -0.39 is 40.3 Å². The second-order valence-electron chi connectivity index (χ2n) is 8.83. The molecule has 0 aliphatic rings. The molecule has 0 fully saturated rings. The largest absolute Gasteiger partial charge is 0.416 e. The summed E-state index contributed by atoms with van der Waals surface area (Å²) in [6.07, 6.45) is -1.99. The summed E-state index contributed by atoms with van der Waals surface area (Å²) in [5.74, 6) is -1.08. The van der Waals surface area contributed by atoms with Crippen LogP contribution in [0.4, 0.5) is 18.9 Å². The minimum absolute atomic E-state index is 0.0331. The molecule has 0 unspecified atom stereocenters. The smallest absolute Gasteiger partial charge is 0.354 e. The third-order valence-corrected chi connectivity index (χ3v) is 7.10. The van der Waals surface area contributed by atoms with Crippen LogP contribution in [0.5, 0.6) is 0 Å². The van der Waals surface area contributed by atoms with E-state index in [0.29, 0.717) is 16.9 Å². The number of unbranched alkanes of at least 4 members (excludes halogenated alkanes) is 1. The first kappa shape index (κ1) is 30.1. The second-order valence-corrected chi connectivity index (χ2v) is 10.7. The summed E-state index contributed by atoms with van der Waals surface area (Å²) in [7, 11) is -4.14. The summed E-state index contributed by atoms with van der Waals surface area (Å²) in [4.78, 5) is 27.9. The Morgan fingerprint density at radius 2 is 1.73 bits per heavy atom. The molecular formula is C26H34F3N3O4S. The molecule has 2 amide bonds. The molecule has 0 bridgehead atoms. The molecule has 0 saturated carbocycles. The maximum Gasteiger partial charge on any atom is 0.416 e. The molecule has 0 aliphatic heterocycles. The lowest BCUT2D eigenvalue weighted by Crippen LogP contribution is -2.52. The first-order valence-corrected chi connectivity index (χ1v) is 13.9. The van der Waals surface area contributed by atoms with Crippen molar-refractivity contribution in [3.63, 3.8) is 0 Å². The molecule has 0 spiro atoms. The first-order chi connectivity index (χ1) is 17.3. The van der Waals surface area contributed by atoms with Crippen molar-refractivity contribution in [1.29, 1.82) is 0 Å². The van der Waals surface area contributed by atoms with Crippen LogP contribution in [0, 0.1) is 6.92 Å². The average molecular weight is 542 g/mol. The lowest BCUT2D eigenvalue weighted by molar-refractivity contribution is -0.140. The lowest BCUT2D eigenvalue weighted by Gasteiger charge is -2.33. The number of anilines is 1. The Labute approximate surface area is 216 Å². The van der Waals surface area contributed by atoms with Crippen molar-refractivity contribution >= 4 is 27.5 Å². The Hall–Kier alpha value is -3.08. The van der Waals surface area contributed by atoms with E-state index >= 15 is 0 Å². The Morgan fingerprint density at radius 1 is 1.05 bits per heavy atom. The number of aryl methyl sites for hydroxylation is 1. The van der Waals surface area contributed by atoms with Crippen LogP contribution in [0.25, 0.3) is 0 Å². The fourth-order valence-corrected chi connectivity index (χ4v) is 4.69. The van der Waals surface area contributed by atoms with Gasteiger partial charge < -0.3 is 10.2 Å². The van der Waals surface area contributed by atoms with E-state index in [0.717, 1.165) is 42.4 Å². The van der Waals surface area contributed by atoms with Crippen molar-refractivity contribution in [1.82, 2.24) is 10.2 Å². The minimum Gasteiger partial charge on any atom is -0.354 e. The highest BCUT2D eigenvalue weighted by Crippen LogP contribution is 2.32. The molecule has 2 aromatic rings. The van der Waals surface area contributed by atoms with E-state index in [-0.39, 0.29) is 24.6 Å². The Bertz CT molecular complexity index is 1190. The van der Waals surface area contributed by atoms with Gasteiger partial charge in [-0.3, -0.25) is 13.9 Å². The van der Waals surface area contributed by atoms with Gasteiger partial charge in [0, 0.05) is 13.1 Å². The van der Waals surface area contributed by atoms with Crippen molar-refractivity contribution in [2.75, 3.05) is 23.7 Å². The highest BCUT2D eigenvalue weighted by molar-refractivity contribution is 7.92. The number of nitrogens with one attached hydrogen (secondary N) is 1. The fourth-order valence-electron chi connectivity index (χ4n) is 3.85. The zero-order valence-corrected chi connectivity index (χ0v) is 22.3. The van der Waals surface area contributed by atoms with E-state index in [9.17, 15) is 31.2 Å². The van der Waals surface area contributed by atoms with E-state index in [4.69, 9.17) is 0 Å². The predicted octanol–water partition coefficient (Wildman–Crippen LogP) is 4.50. The number of amides is 2. The summed E-state index contributed by atoms with van der Waals surface area (Å²) in [5, 5.41) is 2.82. The molecule has 11 heteroatoms. The number of sulfonamides is 1. The Balaban J connectivity index is 2.47. The summed E-state index contributed by atoms with van der Waals surface area (Å²) < 4.78 is 65.7. The normalized spacial score (nSPS) is 12.6. The minimum atomic E-state index is -4.69. The van der Waals surface area contributed by atoms with Gasteiger partial charge in [-0.05, 0) is 49.1 Å². The fraction of sp³-hybridized carbons (Fsp3) is 0.462. The Morgan fingerprint density at radius 3 is 2.30 bits per heavy atom.